The van der Waals surface area contributed by atoms with Crippen LogP contribution in [0.5, 0.6) is 0 Å². The van der Waals surface area contributed by atoms with Gasteiger partial charge in [0, 0.05) is 12.8 Å². The van der Waals surface area contributed by atoms with Crippen molar-refractivity contribution in [3.63, 3.8) is 0 Å². The molecule has 6 rings (SSSR count). The van der Waals surface area contributed by atoms with Gasteiger partial charge >= 0.3 is 0 Å². The predicted octanol–water partition coefficient (Wildman–Crippen LogP) is 0.294. The molecule has 6 aliphatic heterocycles. The summed E-state index contributed by atoms with van der Waals surface area (Å²) in [5.41, 5.74) is 0. The second-order valence-electron chi connectivity index (χ2n) is 8.28. The highest BCUT2D eigenvalue weighted by Crippen LogP contribution is 2.52. The van der Waals surface area contributed by atoms with E-state index in [1.54, 1.807) is 0 Å². The Kier molecular flexibility index (Phi) is 3.93. The zero-order chi connectivity index (χ0) is 18.2. The molecule has 152 valence electrons. The largest absolute Gasteiger partial charge is 0.376 e. The molecule has 2 spiro atoms. The van der Waals surface area contributed by atoms with Gasteiger partial charge in [-0.05, 0) is 13.8 Å². The molecule has 0 aromatic rings. The lowest BCUT2D eigenvalue weighted by molar-refractivity contribution is -0.180. The molecule has 6 saturated heterocycles. The third kappa shape index (κ3) is 2.95. The van der Waals surface area contributed by atoms with Crippen LogP contribution in [0.2, 0.25) is 0 Å². The summed E-state index contributed by atoms with van der Waals surface area (Å²) in [4.78, 5) is 0. The lowest BCUT2D eigenvalue weighted by Gasteiger charge is -2.30. The van der Waals surface area contributed by atoms with Crippen LogP contribution < -0.4 is 0 Å². The van der Waals surface area contributed by atoms with Gasteiger partial charge in [-0.3, -0.25) is 0 Å². The highest BCUT2D eigenvalue weighted by molar-refractivity contribution is 5.07. The Bertz CT molecular complexity index is 545. The Morgan fingerprint density at radius 1 is 0.741 bits per heavy atom. The minimum atomic E-state index is -0.561. The predicted molar refractivity (Wildman–Crippen MR) is 85.6 cm³/mol. The van der Waals surface area contributed by atoms with E-state index >= 15 is 0 Å². The van der Waals surface area contributed by atoms with Gasteiger partial charge in [-0.25, -0.2) is 0 Å². The van der Waals surface area contributed by atoms with Crippen LogP contribution in [-0.2, 0) is 42.6 Å². The first-order valence-electron chi connectivity index (χ1n) is 9.88. The fourth-order valence-corrected chi connectivity index (χ4v) is 4.93. The minimum Gasteiger partial charge on any atom is -0.376 e. The van der Waals surface area contributed by atoms with Gasteiger partial charge in [0.05, 0.1) is 38.6 Å². The molecule has 0 radical (unpaired) electrons. The Hall–Kier alpha value is -0.360. The standard InChI is InChI=1S/C18H26O9/c1-9-20-5-11-3-17(24-9)15(26-17)13(22-11)7-19-8-14-16-18(27-16)4-12(23-14)6-21-10(2)25-18/h9-16H,3-8H2,1-2H3. The second-order valence-corrected chi connectivity index (χ2v) is 8.28. The van der Waals surface area contributed by atoms with Gasteiger partial charge in [-0.15, -0.1) is 0 Å². The molecule has 0 amide bonds. The molecule has 0 aromatic heterocycles. The molecule has 9 nitrogen and oxygen atoms in total. The molecule has 0 aromatic carbocycles. The van der Waals surface area contributed by atoms with Gasteiger partial charge in [-0.2, -0.15) is 0 Å². The van der Waals surface area contributed by atoms with E-state index in [-0.39, 0.29) is 49.2 Å². The summed E-state index contributed by atoms with van der Waals surface area (Å²) in [7, 11) is 0. The van der Waals surface area contributed by atoms with Gasteiger partial charge in [0.25, 0.3) is 0 Å². The summed E-state index contributed by atoms with van der Waals surface area (Å²) in [6.45, 7) is 5.63. The van der Waals surface area contributed by atoms with E-state index < -0.39 is 11.6 Å². The molecule has 6 fully saturated rings. The fraction of sp³-hybridized carbons (Fsp3) is 1.00. The van der Waals surface area contributed by atoms with Crippen LogP contribution in [0.4, 0.5) is 0 Å². The number of ether oxygens (including phenoxy) is 9. The van der Waals surface area contributed by atoms with Crippen LogP contribution in [0.15, 0.2) is 0 Å². The van der Waals surface area contributed by atoms with E-state index in [4.69, 9.17) is 42.6 Å². The zero-order valence-electron chi connectivity index (χ0n) is 15.5. The first kappa shape index (κ1) is 17.5. The monoisotopic (exact) mass is 386 g/mol. The smallest absolute Gasteiger partial charge is 0.203 e. The zero-order valence-corrected chi connectivity index (χ0v) is 15.5. The first-order chi connectivity index (χ1) is 13.1. The average molecular weight is 386 g/mol. The highest BCUT2D eigenvalue weighted by atomic mass is 16.9. The van der Waals surface area contributed by atoms with Crippen molar-refractivity contribution in [1.82, 2.24) is 0 Å². The van der Waals surface area contributed by atoms with Crippen molar-refractivity contribution in [3.8, 4) is 0 Å². The quantitative estimate of drug-likeness (QED) is 0.633. The molecule has 10 unspecified atom stereocenters. The van der Waals surface area contributed by atoms with E-state index in [2.05, 4.69) is 0 Å². The number of epoxide rings is 2. The van der Waals surface area contributed by atoms with Crippen LogP contribution in [0.25, 0.3) is 0 Å². The van der Waals surface area contributed by atoms with Crippen LogP contribution in [0, 0.1) is 0 Å². The maximum Gasteiger partial charge on any atom is 0.203 e. The normalized spacial score (nSPS) is 58.4. The second kappa shape index (κ2) is 6.07. The molecule has 6 heterocycles. The number of hydrogen-bond donors (Lipinski definition) is 0. The van der Waals surface area contributed by atoms with Crippen molar-refractivity contribution in [3.05, 3.63) is 0 Å². The third-order valence-corrected chi connectivity index (χ3v) is 6.17. The number of rotatable bonds is 4. The van der Waals surface area contributed by atoms with Crippen molar-refractivity contribution >= 4 is 0 Å². The lowest BCUT2D eigenvalue weighted by Crippen LogP contribution is -2.45. The molecule has 0 N–H and O–H groups in total. The van der Waals surface area contributed by atoms with E-state index in [9.17, 15) is 0 Å². The van der Waals surface area contributed by atoms with Crippen molar-refractivity contribution in [1.29, 1.82) is 0 Å². The van der Waals surface area contributed by atoms with Gasteiger partial charge in [0.2, 0.25) is 11.6 Å². The van der Waals surface area contributed by atoms with Gasteiger partial charge in [0.15, 0.2) is 12.6 Å². The maximum absolute atomic E-state index is 6.10. The van der Waals surface area contributed by atoms with Crippen LogP contribution in [0.3, 0.4) is 0 Å². The van der Waals surface area contributed by atoms with E-state index in [1.165, 1.54) is 0 Å². The summed E-state index contributed by atoms with van der Waals surface area (Å²) in [6.07, 6.45) is 0.248. The summed E-state index contributed by atoms with van der Waals surface area (Å²) in [5.74, 6) is -1.12. The highest BCUT2D eigenvalue weighted by Gasteiger charge is 2.69. The minimum absolute atomic E-state index is 0.0295. The summed E-state index contributed by atoms with van der Waals surface area (Å²) in [6, 6.07) is 0. The average Bonchev–Trinajstić information content (AvgIpc) is 3.52. The molecule has 6 aliphatic rings. The van der Waals surface area contributed by atoms with Crippen molar-refractivity contribution in [2.45, 2.75) is 87.5 Å². The van der Waals surface area contributed by atoms with E-state index in [0.29, 0.717) is 39.3 Å². The molecule has 0 saturated carbocycles. The number of fused-ring (bicyclic) bond motifs is 2. The molecule has 0 aliphatic carbocycles. The topological polar surface area (TPSA) is 89.7 Å². The Morgan fingerprint density at radius 2 is 1.22 bits per heavy atom. The van der Waals surface area contributed by atoms with Gasteiger partial charge < -0.3 is 42.6 Å². The summed E-state index contributed by atoms with van der Waals surface area (Å²) >= 11 is 0. The summed E-state index contributed by atoms with van der Waals surface area (Å²) in [5, 5.41) is 0. The van der Waals surface area contributed by atoms with Crippen molar-refractivity contribution in [2.24, 2.45) is 0 Å². The van der Waals surface area contributed by atoms with Crippen LogP contribution >= 0.6 is 0 Å². The molecule has 10 atom stereocenters. The Morgan fingerprint density at radius 3 is 1.70 bits per heavy atom. The SMILES string of the molecule is CC1OCC2CC3(O1)OC3C(COCC1OC3COC(C)OC4(C3)OC14)O2. The van der Waals surface area contributed by atoms with E-state index in [1.807, 2.05) is 13.8 Å². The lowest BCUT2D eigenvalue weighted by atomic mass is 10.0. The van der Waals surface area contributed by atoms with Crippen LogP contribution in [0.1, 0.15) is 26.7 Å². The summed E-state index contributed by atoms with van der Waals surface area (Å²) < 4.78 is 52.9. The molecular weight excluding hydrogens is 360 g/mol. The Labute approximate surface area is 157 Å². The van der Waals surface area contributed by atoms with E-state index in [0.717, 1.165) is 0 Å². The fourth-order valence-electron chi connectivity index (χ4n) is 4.93. The Balaban J connectivity index is 1.05. The number of hydrogen-bond acceptors (Lipinski definition) is 9. The van der Waals surface area contributed by atoms with Gasteiger partial charge in [-0.1, -0.05) is 0 Å². The first-order valence-corrected chi connectivity index (χ1v) is 9.88. The van der Waals surface area contributed by atoms with Crippen LogP contribution in [-0.4, -0.2) is 87.2 Å². The van der Waals surface area contributed by atoms with Crippen molar-refractivity contribution in [2.75, 3.05) is 26.4 Å². The maximum atomic E-state index is 6.10. The molecule has 27 heavy (non-hydrogen) atoms. The molecular formula is C18H26O9. The molecule has 4 bridgehead atoms. The molecule has 9 heteroatoms. The third-order valence-electron chi connectivity index (χ3n) is 6.17. The van der Waals surface area contributed by atoms with Crippen molar-refractivity contribution < 1.29 is 42.6 Å². The van der Waals surface area contributed by atoms with Gasteiger partial charge in [0.1, 0.15) is 24.4 Å².